The molecular formula is C18H18N4O3. The Kier molecular flexibility index (Phi) is 4.38. The average Bonchev–Trinajstić information content (AvgIpc) is 2.61. The molecule has 1 N–H and O–H groups in total. The minimum atomic E-state index is -0.594. The van der Waals surface area contributed by atoms with Crippen LogP contribution in [0.3, 0.4) is 0 Å². The summed E-state index contributed by atoms with van der Waals surface area (Å²) < 4.78 is 6.17. The lowest BCUT2D eigenvalue weighted by molar-refractivity contribution is 0.414. The first kappa shape index (κ1) is 16.5. The number of benzene rings is 2. The second kappa shape index (κ2) is 6.64. The molecule has 3 aromatic rings. The van der Waals surface area contributed by atoms with E-state index in [4.69, 9.17) is 4.74 Å². The van der Waals surface area contributed by atoms with Crippen molar-refractivity contribution in [2.45, 2.75) is 0 Å². The van der Waals surface area contributed by atoms with Crippen LogP contribution in [0.5, 0.6) is 5.75 Å². The molecule has 0 fully saturated rings. The van der Waals surface area contributed by atoms with Gasteiger partial charge in [0.25, 0.3) is 5.56 Å². The molecule has 1 heterocycles. The Labute approximate surface area is 143 Å². The molecule has 7 heteroatoms. The standard InChI is InChI=1S/C18H18N4O3/c1-21(2)13-9-8-12(16(10-13)25-3)11-19-22-17(23)14-6-4-5-7-15(14)20-18(22)24/h4-11H,1-3H3,(H,20,24). The Morgan fingerprint density at radius 3 is 2.64 bits per heavy atom. The topological polar surface area (TPSA) is 79.7 Å². The number of hydrogen-bond donors (Lipinski definition) is 1. The highest BCUT2D eigenvalue weighted by molar-refractivity contribution is 5.85. The van der Waals surface area contributed by atoms with Gasteiger partial charge in [-0.1, -0.05) is 12.1 Å². The third kappa shape index (κ3) is 3.16. The van der Waals surface area contributed by atoms with Crippen LogP contribution in [-0.2, 0) is 0 Å². The maximum absolute atomic E-state index is 12.5. The summed E-state index contributed by atoms with van der Waals surface area (Å²) in [7, 11) is 5.41. The highest BCUT2D eigenvalue weighted by Gasteiger charge is 2.07. The fourth-order valence-electron chi connectivity index (χ4n) is 2.46. The van der Waals surface area contributed by atoms with Gasteiger partial charge >= 0.3 is 5.69 Å². The summed E-state index contributed by atoms with van der Waals surface area (Å²) in [5.41, 5.74) is 1.04. The van der Waals surface area contributed by atoms with Crippen LogP contribution in [0, 0.1) is 0 Å². The van der Waals surface area contributed by atoms with Crippen molar-refractivity contribution in [3.05, 3.63) is 68.9 Å². The van der Waals surface area contributed by atoms with E-state index in [0.29, 0.717) is 22.2 Å². The lowest BCUT2D eigenvalue weighted by atomic mass is 10.2. The lowest BCUT2D eigenvalue weighted by Gasteiger charge is -2.14. The molecule has 3 rings (SSSR count). The van der Waals surface area contributed by atoms with E-state index in [1.54, 1.807) is 31.4 Å². The molecule has 0 saturated heterocycles. The summed E-state index contributed by atoms with van der Waals surface area (Å²) in [6.45, 7) is 0. The van der Waals surface area contributed by atoms with Gasteiger partial charge in [-0.2, -0.15) is 5.10 Å². The number of aromatic nitrogens is 2. The number of ether oxygens (including phenoxy) is 1. The SMILES string of the molecule is COc1cc(N(C)C)ccc1C=Nn1c(=O)[nH]c2ccccc2c1=O. The van der Waals surface area contributed by atoms with E-state index in [1.807, 2.05) is 37.2 Å². The molecule has 25 heavy (non-hydrogen) atoms. The van der Waals surface area contributed by atoms with E-state index in [1.165, 1.54) is 6.21 Å². The zero-order valence-electron chi connectivity index (χ0n) is 14.2. The predicted octanol–water partition coefficient (Wildman–Crippen LogP) is 1.65. The van der Waals surface area contributed by atoms with E-state index in [2.05, 4.69) is 10.1 Å². The van der Waals surface area contributed by atoms with E-state index in [9.17, 15) is 9.59 Å². The van der Waals surface area contributed by atoms with Crippen molar-refractivity contribution in [3.8, 4) is 5.75 Å². The van der Waals surface area contributed by atoms with Gasteiger partial charge in [0.15, 0.2) is 0 Å². The largest absolute Gasteiger partial charge is 0.496 e. The molecule has 0 radical (unpaired) electrons. The van der Waals surface area contributed by atoms with Gasteiger partial charge in [-0.3, -0.25) is 4.79 Å². The van der Waals surface area contributed by atoms with Gasteiger partial charge in [-0.15, -0.1) is 4.68 Å². The molecule has 0 atom stereocenters. The van der Waals surface area contributed by atoms with Gasteiger partial charge in [-0.05, 0) is 24.3 Å². The number of nitrogens with zero attached hydrogens (tertiary/aromatic N) is 3. The number of methoxy groups -OCH3 is 1. The van der Waals surface area contributed by atoms with Crippen LogP contribution in [-0.4, -0.2) is 37.1 Å². The van der Waals surface area contributed by atoms with Gasteiger partial charge in [0.05, 0.1) is 24.2 Å². The minimum Gasteiger partial charge on any atom is -0.496 e. The van der Waals surface area contributed by atoms with Crippen LogP contribution in [0.15, 0.2) is 57.2 Å². The van der Waals surface area contributed by atoms with Crippen molar-refractivity contribution in [1.29, 1.82) is 0 Å². The Morgan fingerprint density at radius 1 is 1.16 bits per heavy atom. The molecule has 0 spiro atoms. The third-order valence-corrected chi connectivity index (χ3v) is 3.83. The van der Waals surface area contributed by atoms with Crippen LogP contribution in [0.2, 0.25) is 0 Å². The minimum absolute atomic E-state index is 0.397. The molecule has 0 aliphatic rings. The van der Waals surface area contributed by atoms with Gasteiger partial charge in [-0.25, -0.2) is 4.79 Å². The Morgan fingerprint density at radius 2 is 1.92 bits per heavy atom. The van der Waals surface area contributed by atoms with Crippen LogP contribution in [0.4, 0.5) is 5.69 Å². The van der Waals surface area contributed by atoms with Crippen molar-refractivity contribution in [1.82, 2.24) is 9.66 Å². The molecule has 0 amide bonds. The Bertz CT molecular complexity index is 1060. The van der Waals surface area contributed by atoms with E-state index < -0.39 is 11.2 Å². The summed E-state index contributed by atoms with van der Waals surface area (Å²) >= 11 is 0. The number of fused-ring (bicyclic) bond motifs is 1. The summed E-state index contributed by atoms with van der Waals surface area (Å²) in [6, 6.07) is 12.4. The number of hydrogen-bond acceptors (Lipinski definition) is 5. The smallest absolute Gasteiger partial charge is 0.349 e. The monoisotopic (exact) mass is 338 g/mol. The number of H-pyrrole nitrogens is 1. The highest BCUT2D eigenvalue weighted by atomic mass is 16.5. The molecular weight excluding hydrogens is 320 g/mol. The van der Waals surface area contributed by atoms with Crippen LogP contribution < -0.4 is 20.9 Å². The van der Waals surface area contributed by atoms with E-state index in [-0.39, 0.29) is 0 Å². The summed E-state index contributed by atoms with van der Waals surface area (Å²) in [4.78, 5) is 29.2. The number of aromatic amines is 1. The number of anilines is 1. The number of nitrogens with one attached hydrogen (secondary N) is 1. The molecule has 0 aliphatic carbocycles. The first-order chi connectivity index (χ1) is 12.0. The Hall–Kier alpha value is -3.35. The van der Waals surface area contributed by atoms with Crippen molar-refractivity contribution >= 4 is 22.8 Å². The summed E-state index contributed by atoms with van der Waals surface area (Å²) in [5.74, 6) is 0.597. The number of para-hydroxylation sites is 1. The van der Waals surface area contributed by atoms with Crippen LogP contribution in [0.1, 0.15) is 5.56 Å². The van der Waals surface area contributed by atoms with Crippen molar-refractivity contribution in [3.63, 3.8) is 0 Å². The van der Waals surface area contributed by atoms with Crippen LogP contribution in [0.25, 0.3) is 10.9 Å². The number of rotatable bonds is 4. The molecule has 7 nitrogen and oxygen atoms in total. The predicted molar refractivity (Wildman–Crippen MR) is 99.1 cm³/mol. The highest BCUT2D eigenvalue weighted by Crippen LogP contribution is 2.23. The molecule has 1 aromatic heterocycles. The van der Waals surface area contributed by atoms with Gasteiger partial charge in [0.1, 0.15) is 5.75 Å². The van der Waals surface area contributed by atoms with Crippen molar-refractivity contribution in [2.75, 3.05) is 26.1 Å². The van der Waals surface area contributed by atoms with E-state index in [0.717, 1.165) is 10.4 Å². The molecule has 2 aromatic carbocycles. The normalized spacial score (nSPS) is 11.2. The first-order valence-corrected chi connectivity index (χ1v) is 7.65. The summed E-state index contributed by atoms with van der Waals surface area (Å²) in [6.07, 6.45) is 1.43. The van der Waals surface area contributed by atoms with Crippen molar-refractivity contribution < 1.29 is 4.74 Å². The molecule has 0 saturated carbocycles. The first-order valence-electron chi connectivity index (χ1n) is 7.65. The Balaban J connectivity index is 2.07. The van der Waals surface area contributed by atoms with E-state index >= 15 is 0 Å². The third-order valence-electron chi connectivity index (χ3n) is 3.83. The molecule has 0 unspecified atom stereocenters. The lowest BCUT2D eigenvalue weighted by Crippen LogP contribution is -2.32. The maximum Gasteiger partial charge on any atom is 0.349 e. The average molecular weight is 338 g/mol. The molecule has 0 aliphatic heterocycles. The van der Waals surface area contributed by atoms with Gasteiger partial charge in [0.2, 0.25) is 0 Å². The fourth-order valence-corrected chi connectivity index (χ4v) is 2.46. The van der Waals surface area contributed by atoms with Gasteiger partial charge < -0.3 is 14.6 Å². The van der Waals surface area contributed by atoms with Crippen LogP contribution >= 0.6 is 0 Å². The quantitative estimate of drug-likeness (QED) is 0.734. The second-order valence-corrected chi connectivity index (χ2v) is 5.66. The fraction of sp³-hybridized carbons (Fsp3) is 0.167. The maximum atomic E-state index is 12.5. The van der Waals surface area contributed by atoms with Gasteiger partial charge in [0, 0.05) is 31.4 Å². The molecule has 0 bridgehead atoms. The zero-order valence-corrected chi connectivity index (χ0v) is 14.2. The van der Waals surface area contributed by atoms with Crippen molar-refractivity contribution in [2.24, 2.45) is 5.10 Å². The zero-order chi connectivity index (χ0) is 18.0. The second-order valence-electron chi connectivity index (χ2n) is 5.66. The molecule has 128 valence electrons. The summed E-state index contributed by atoms with van der Waals surface area (Å²) in [5, 5.41) is 4.45.